The highest BCUT2D eigenvalue weighted by atomic mass is 79.9. The van der Waals surface area contributed by atoms with Gasteiger partial charge in [-0.3, -0.25) is 4.79 Å². The molecule has 1 aromatic carbocycles. The molecule has 0 aliphatic carbocycles. The fourth-order valence-corrected chi connectivity index (χ4v) is 2.20. The SMILES string of the molecule is C/C=c1/oc2cc(Br)ccc2c(=O)/c1=C/C=C/Br. The summed E-state index contributed by atoms with van der Waals surface area (Å²) < 4.78 is 6.62. The molecule has 0 saturated carbocycles. The van der Waals surface area contributed by atoms with Gasteiger partial charge in [-0.1, -0.05) is 37.9 Å². The largest absolute Gasteiger partial charge is 0.456 e. The molecule has 92 valence electrons. The molecule has 1 aromatic heterocycles. The maximum Gasteiger partial charge on any atom is 0.200 e. The predicted octanol–water partition coefficient (Wildman–Crippen LogP) is 3.05. The van der Waals surface area contributed by atoms with Crippen LogP contribution >= 0.6 is 31.9 Å². The summed E-state index contributed by atoms with van der Waals surface area (Å²) in [6.07, 6.45) is 5.27. The number of fused-ring (bicyclic) bond motifs is 1. The van der Waals surface area contributed by atoms with E-state index in [1.54, 1.807) is 35.3 Å². The number of allylic oxidation sites excluding steroid dienone is 1. The number of hydrogen-bond donors (Lipinski definition) is 0. The predicted molar refractivity (Wildman–Crippen MR) is 82.1 cm³/mol. The summed E-state index contributed by atoms with van der Waals surface area (Å²) in [5, 5.41) is 1.14. The molecule has 0 amide bonds. The van der Waals surface area contributed by atoms with E-state index in [2.05, 4.69) is 31.9 Å². The van der Waals surface area contributed by atoms with E-state index < -0.39 is 0 Å². The molecular formula is C14H10Br2O2. The second kappa shape index (κ2) is 5.67. The zero-order valence-corrected chi connectivity index (χ0v) is 12.8. The quantitative estimate of drug-likeness (QED) is 0.773. The van der Waals surface area contributed by atoms with Crippen LogP contribution < -0.4 is 16.1 Å². The molecular weight excluding hydrogens is 360 g/mol. The molecule has 0 unspecified atom stereocenters. The van der Waals surface area contributed by atoms with Gasteiger partial charge in [0.1, 0.15) is 11.0 Å². The maximum atomic E-state index is 12.3. The summed E-state index contributed by atoms with van der Waals surface area (Å²) >= 11 is 6.54. The van der Waals surface area contributed by atoms with Gasteiger partial charge in [0.05, 0.1) is 10.6 Å². The van der Waals surface area contributed by atoms with Gasteiger partial charge >= 0.3 is 0 Å². The second-order valence-corrected chi connectivity index (χ2v) is 5.07. The topological polar surface area (TPSA) is 30.2 Å². The third-order valence-corrected chi connectivity index (χ3v) is 3.31. The average molecular weight is 370 g/mol. The Hall–Kier alpha value is -1.13. The third kappa shape index (κ3) is 2.49. The van der Waals surface area contributed by atoms with E-state index in [1.807, 2.05) is 13.0 Å². The van der Waals surface area contributed by atoms with Crippen molar-refractivity contribution >= 4 is 55.0 Å². The fraction of sp³-hybridized carbons (Fsp3) is 0.0714. The Labute approximate surface area is 121 Å². The van der Waals surface area contributed by atoms with E-state index in [-0.39, 0.29) is 5.43 Å². The molecule has 0 N–H and O–H groups in total. The molecule has 0 saturated heterocycles. The fourth-order valence-electron chi connectivity index (χ4n) is 1.70. The first kappa shape index (κ1) is 13.3. The number of halogens is 2. The van der Waals surface area contributed by atoms with Crippen molar-refractivity contribution in [1.29, 1.82) is 0 Å². The number of rotatable bonds is 1. The van der Waals surface area contributed by atoms with Crippen molar-refractivity contribution in [1.82, 2.24) is 0 Å². The highest BCUT2D eigenvalue weighted by Gasteiger charge is 2.04. The van der Waals surface area contributed by atoms with Gasteiger partial charge in [0, 0.05) is 4.47 Å². The Morgan fingerprint density at radius 2 is 2.11 bits per heavy atom. The summed E-state index contributed by atoms with van der Waals surface area (Å²) in [7, 11) is 0. The van der Waals surface area contributed by atoms with Crippen LogP contribution in [-0.4, -0.2) is 0 Å². The molecule has 0 atom stereocenters. The molecule has 2 rings (SSSR count). The zero-order chi connectivity index (χ0) is 13.1. The second-order valence-electron chi connectivity index (χ2n) is 3.62. The van der Waals surface area contributed by atoms with Gasteiger partial charge in [-0.15, -0.1) is 0 Å². The van der Waals surface area contributed by atoms with Crippen molar-refractivity contribution in [3.63, 3.8) is 0 Å². The van der Waals surface area contributed by atoms with E-state index >= 15 is 0 Å². The Balaban J connectivity index is 3.02. The minimum absolute atomic E-state index is 0.0255. The first-order valence-corrected chi connectivity index (χ1v) is 7.04. The van der Waals surface area contributed by atoms with Gasteiger partial charge in [-0.25, -0.2) is 0 Å². The van der Waals surface area contributed by atoms with E-state index in [1.165, 1.54) is 0 Å². The van der Waals surface area contributed by atoms with Gasteiger partial charge in [0.25, 0.3) is 0 Å². The first-order chi connectivity index (χ1) is 8.67. The summed E-state index contributed by atoms with van der Waals surface area (Å²) in [5.74, 6) is 0. The minimum atomic E-state index is -0.0255. The Bertz CT molecular complexity index is 786. The lowest BCUT2D eigenvalue weighted by Gasteiger charge is -1.98. The molecule has 0 bridgehead atoms. The molecule has 2 nitrogen and oxygen atoms in total. The Morgan fingerprint density at radius 1 is 1.33 bits per heavy atom. The van der Waals surface area contributed by atoms with Gasteiger partial charge in [0.2, 0.25) is 5.43 Å². The summed E-state index contributed by atoms with van der Waals surface area (Å²) in [6, 6.07) is 5.40. The molecule has 0 spiro atoms. The van der Waals surface area contributed by atoms with Gasteiger partial charge in [-0.2, -0.15) is 0 Å². The normalized spacial score (nSPS) is 13.9. The van der Waals surface area contributed by atoms with Crippen LogP contribution in [0.15, 0.2) is 42.9 Å². The van der Waals surface area contributed by atoms with Crippen molar-refractivity contribution < 1.29 is 4.42 Å². The maximum absolute atomic E-state index is 12.3. The van der Waals surface area contributed by atoms with Crippen LogP contribution in [0.4, 0.5) is 0 Å². The lowest BCUT2D eigenvalue weighted by Crippen LogP contribution is -2.38. The van der Waals surface area contributed by atoms with E-state index in [9.17, 15) is 4.79 Å². The van der Waals surface area contributed by atoms with Crippen molar-refractivity contribution in [2.45, 2.75) is 6.92 Å². The van der Waals surface area contributed by atoms with Crippen molar-refractivity contribution in [2.24, 2.45) is 0 Å². The Kier molecular flexibility index (Phi) is 4.19. The summed E-state index contributed by atoms with van der Waals surface area (Å²) in [4.78, 5) is 14.0. The van der Waals surface area contributed by atoms with Crippen LogP contribution in [0.1, 0.15) is 6.92 Å². The van der Waals surface area contributed by atoms with Crippen LogP contribution in [0.25, 0.3) is 23.1 Å². The zero-order valence-electron chi connectivity index (χ0n) is 9.61. The van der Waals surface area contributed by atoms with E-state index in [0.29, 0.717) is 21.6 Å². The first-order valence-electron chi connectivity index (χ1n) is 5.33. The molecule has 4 heteroatoms. The van der Waals surface area contributed by atoms with Crippen LogP contribution in [-0.2, 0) is 0 Å². The average Bonchev–Trinajstić information content (AvgIpc) is 2.37. The monoisotopic (exact) mass is 368 g/mol. The van der Waals surface area contributed by atoms with Crippen LogP contribution in [0.2, 0.25) is 0 Å². The van der Waals surface area contributed by atoms with Crippen molar-refractivity contribution in [2.75, 3.05) is 0 Å². The standard InChI is InChI=1S/C14H10Br2O2/c1-2-12-10(4-3-7-15)14(17)11-6-5-9(16)8-13(11)18-12/h2-8H,1H3/b7-3+,10-4+,12-2+. The minimum Gasteiger partial charge on any atom is -0.456 e. The smallest absolute Gasteiger partial charge is 0.200 e. The molecule has 1 heterocycles. The van der Waals surface area contributed by atoms with Gasteiger partial charge in [0.15, 0.2) is 0 Å². The molecule has 0 aliphatic heterocycles. The van der Waals surface area contributed by atoms with Crippen LogP contribution in [0, 0.1) is 0 Å². The van der Waals surface area contributed by atoms with E-state index in [0.717, 1.165) is 4.47 Å². The van der Waals surface area contributed by atoms with Crippen LogP contribution in [0.3, 0.4) is 0 Å². The number of benzene rings is 1. The number of hydrogen-bond acceptors (Lipinski definition) is 2. The highest BCUT2D eigenvalue weighted by Crippen LogP contribution is 2.15. The lowest BCUT2D eigenvalue weighted by atomic mass is 10.2. The third-order valence-electron chi connectivity index (χ3n) is 2.52. The molecule has 2 aromatic rings. The van der Waals surface area contributed by atoms with Gasteiger partial charge in [-0.05, 0) is 42.3 Å². The Morgan fingerprint density at radius 3 is 2.78 bits per heavy atom. The van der Waals surface area contributed by atoms with Crippen molar-refractivity contribution in [3.8, 4) is 0 Å². The molecule has 0 fully saturated rings. The highest BCUT2D eigenvalue weighted by molar-refractivity contribution is 9.11. The summed E-state index contributed by atoms with van der Waals surface area (Å²) in [5.41, 5.74) is 1.14. The van der Waals surface area contributed by atoms with Crippen LogP contribution in [0.5, 0.6) is 0 Å². The molecule has 18 heavy (non-hydrogen) atoms. The van der Waals surface area contributed by atoms with Gasteiger partial charge < -0.3 is 4.42 Å². The van der Waals surface area contributed by atoms with E-state index in [4.69, 9.17) is 4.42 Å². The lowest BCUT2D eigenvalue weighted by molar-refractivity contribution is 0.558. The molecule has 0 aliphatic rings. The molecule has 0 radical (unpaired) electrons. The summed E-state index contributed by atoms with van der Waals surface area (Å²) in [6.45, 7) is 1.84. The van der Waals surface area contributed by atoms with Crippen molar-refractivity contribution in [3.05, 3.63) is 54.6 Å².